The minimum atomic E-state index is -0.311. The van der Waals surface area contributed by atoms with Crippen molar-refractivity contribution in [2.24, 2.45) is 0 Å². The Labute approximate surface area is 123 Å². The number of rotatable bonds is 7. The topological polar surface area (TPSA) is 76.4 Å². The normalized spacial score (nSPS) is 10.4. The first-order valence-corrected chi connectivity index (χ1v) is 6.86. The van der Waals surface area contributed by atoms with Crippen LogP contribution in [-0.4, -0.2) is 34.1 Å². The number of hydrogen-bond donors (Lipinski definition) is 2. The second-order valence-electron chi connectivity index (χ2n) is 4.49. The van der Waals surface area contributed by atoms with E-state index >= 15 is 0 Å². The maximum Gasteiger partial charge on any atom is 0.338 e. The molecule has 1 aromatic carbocycles. The molecule has 0 aliphatic carbocycles. The highest BCUT2D eigenvalue weighted by molar-refractivity contribution is 5.89. The molecule has 0 aliphatic heterocycles. The summed E-state index contributed by atoms with van der Waals surface area (Å²) in [6.45, 7) is 3.35. The molecule has 112 valence electrons. The molecule has 0 unspecified atom stereocenters. The summed E-state index contributed by atoms with van der Waals surface area (Å²) >= 11 is 0. The van der Waals surface area contributed by atoms with Crippen molar-refractivity contribution in [1.29, 1.82) is 0 Å². The van der Waals surface area contributed by atoms with E-state index in [0.29, 0.717) is 25.3 Å². The fourth-order valence-electron chi connectivity index (χ4n) is 1.87. The smallest absolute Gasteiger partial charge is 0.338 e. The van der Waals surface area contributed by atoms with Crippen molar-refractivity contribution in [1.82, 2.24) is 9.78 Å². The van der Waals surface area contributed by atoms with Crippen LogP contribution in [0.15, 0.2) is 36.7 Å². The van der Waals surface area contributed by atoms with Gasteiger partial charge in [0.15, 0.2) is 0 Å². The third kappa shape index (κ3) is 4.32. The standard InChI is InChI=1S/C15H19N3O3/c1-2-21-15(20)13-3-5-14(6-4-13)16-9-12-10-17-18(11-12)7-8-19/h3-6,10-11,16,19H,2,7-9H2,1H3. The summed E-state index contributed by atoms with van der Waals surface area (Å²) in [6, 6.07) is 7.14. The molecule has 0 aliphatic rings. The number of carbonyl (C=O) groups is 1. The van der Waals surface area contributed by atoms with Crippen LogP contribution in [0.1, 0.15) is 22.8 Å². The van der Waals surface area contributed by atoms with Gasteiger partial charge in [0.1, 0.15) is 0 Å². The Hall–Kier alpha value is -2.34. The lowest BCUT2D eigenvalue weighted by molar-refractivity contribution is 0.0526. The molecule has 2 N–H and O–H groups in total. The molecule has 6 nitrogen and oxygen atoms in total. The predicted molar refractivity (Wildman–Crippen MR) is 79.0 cm³/mol. The molecule has 0 fully saturated rings. The maximum absolute atomic E-state index is 11.5. The average Bonchev–Trinajstić information content (AvgIpc) is 2.94. The number of aliphatic hydroxyl groups is 1. The first-order valence-electron chi connectivity index (χ1n) is 6.86. The van der Waals surface area contributed by atoms with Gasteiger partial charge in [-0.25, -0.2) is 4.79 Å². The van der Waals surface area contributed by atoms with Crippen LogP contribution < -0.4 is 5.32 Å². The van der Waals surface area contributed by atoms with Crippen molar-refractivity contribution in [3.63, 3.8) is 0 Å². The maximum atomic E-state index is 11.5. The van der Waals surface area contributed by atoms with Crippen molar-refractivity contribution in [2.45, 2.75) is 20.0 Å². The van der Waals surface area contributed by atoms with Crippen molar-refractivity contribution < 1.29 is 14.6 Å². The molecule has 0 bridgehead atoms. The van der Waals surface area contributed by atoms with E-state index in [9.17, 15) is 4.79 Å². The lowest BCUT2D eigenvalue weighted by Crippen LogP contribution is -2.05. The lowest BCUT2D eigenvalue weighted by Gasteiger charge is -2.06. The molecule has 0 amide bonds. The lowest BCUT2D eigenvalue weighted by atomic mass is 10.2. The Bertz CT molecular complexity index is 578. The van der Waals surface area contributed by atoms with Crippen LogP contribution in [0.5, 0.6) is 0 Å². The Morgan fingerprint density at radius 1 is 1.38 bits per heavy atom. The van der Waals surface area contributed by atoms with E-state index in [2.05, 4.69) is 10.4 Å². The van der Waals surface area contributed by atoms with E-state index in [4.69, 9.17) is 9.84 Å². The highest BCUT2D eigenvalue weighted by Gasteiger charge is 2.05. The quantitative estimate of drug-likeness (QED) is 0.758. The number of nitrogens with one attached hydrogen (secondary N) is 1. The zero-order valence-corrected chi connectivity index (χ0v) is 12.0. The van der Waals surface area contributed by atoms with Gasteiger partial charge in [-0.3, -0.25) is 4.68 Å². The van der Waals surface area contributed by atoms with Gasteiger partial charge >= 0.3 is 5.97 Å². The fourth-order valence-corrected chi connectivity index (χ4v) is 1.87. The Morgan fingerprint density at radius 2 is 2.14 bits per heavy atom. The highest BCUT2D eigenvalue weighted by Crippen LogP contribution is 2.12. The molecule has 6 heteroatoms. The summed E-state index contributed by atoms with van der Waals surface area (Å²) in [6.07, 6.45) is 3.64. The van der Waals surface area contributed by atoms with E-state index < -0.39 is 0 Å². The van der Waals surface area contributed by atoms with Crippen LogP contribution >= 0.6 is 0 Å². The summed E-state index contributed by atoms with van der Waals surface area (Å²) < 4.78 is 6.63. The van der Waals surface area contributed by atoms with Gasteiger partial charge in [-0.1, -0.05) is 0 Å². The summed E-state index contributed by atoms with van der Waals surface area (Å²) in [5, 5.41) is 16.2. The molecular formula is C15H19N3O3. The second-order valence-corrected chi connectivity index (χ2v) is 4.49. The van der Waals surface area contributed by atoms with Gasteiger partial charge in [0.05, 0.1) is 31.5 Å². The van der Waals surface area contributed by atoms with Crippen molar-refractivity contribution in [3.8, 4) is 0 Å². The Kier molecular flexibility index (Phi) is 5.34. The number of aromatic nitrogens is 2. The number of aliphatic hydroxyl groups excluding tert-OH is 1. The minimum Gasteiger partial charge on any atom is -0.462 e. The van der Waals surface area contributed by atoms with Gasteiger partial charge in [-0.2, -0.15) is 5.10 Å². The molecule has 1 heterocycles. The van der Waals surface area contributed by atoms with Gasteiger partial charge < -0.3 is 15.2 Å². The average molecular weight is 289 g/mol. The van der Waals surface area contributed by atoms with Gasteiger partial charge in [-0.05, 0) is 31.2 Å². The number of hydrogen-bond acceptors (Lipinski definition) is 5. The molecule has 0 radical (unpaired) electrons. The third-order valence-corrected chi connectivity index (χ3v) is 2.91. The second kappa shape index (κ2) is 7.44. The molecule has 2 aromatic rings. The van der Waals surface area contributed by atoms with Crippen LogP contribution in [0.4, 0.5) is 5.69 Å². The number of benzene rings is 1. The predicted octanol–water partition coefficient (Wildman–Crippen LogP) is 1.66. The van der Waals surface area contributed by atoms with Crippen molar-refractivity contribution in [3.05, 3.63) is 47.8 Å². The Morgan fingerprint density at radius 3 is 2.81 bits per heavy atom. The SMILES string of the molecule is CCOC(=O)c1ccc(NCc2cnn(CCO)c2)cc1. The summed E-state index contributed by atoms with van der Waals surface area (Å²) in [5.74, 6) is -0.311. The van der Waals surface area contributed by atoms with Crippen LogP contribution in [-0.2, 0) is 17.8 Å². The van der Waals surface area contributed by atoms with E-state index in [1.54, 1.807) is 29.9 Å². The highest BCUT2D eigenvalue weighted by atomic mass is 16.5. The number of anilines is 1. The molecule has 0 saturated heterocycles. The van der Waals surface area contributed by atoms with Crippen LogP contribution in [0.25, 0.3) is 0 Å². The first-order chi connectivity index (χ1) is 10.2. The Balaban J connectivity index is 1.89. The van der Waals surface area contributed by atoms with Gasteiger partial charge in [-0.15, -0.1) is 0 Å². The number of ether oxygens (including phenoxy) is 1. The molecule has 1 aromatic heterocycles. The number of carbonyl (C=O) groups excluding carboxylic acids is 1. The summed E-state index contributed by atoms with van der Waals surface area (Å²) in [4.78, 5) is 11.5. The van der Waals surface area contributed by atoms with Crippen molar-refractivity contribution in [2.75, 3.05) is 18.5 Å². The molecule has 2 rings (SSSR count). The molecule has 21 heavy (non-hydrogen) atoms. The molecule has 0 spiro atoms. The van der Waals surface area contributed by atoms with Crippen LogP contribution in [0.3, 0.4) is 0 Å². The monoisotopic (exact) mass is 289 g/mol. The third-order valence-electron chi connectivity index (χ3n) is 2.91. The van der Waals surface area contributed by atoms with Crippen LogP contribution in [0, 0.1) is 0 Å². The first kappa shape index (κ1) is 15.1. The fraction of sp³-hybridized carbons (Fsp3) is 0.333. The van der Waals surface area contributed by atoms with Gasteiger partial charge in [0.2, 0.25) is 0 Å². The largest absolute Gasteiger partial charge is 0.462 e. The molecule has 0 saturated carbocycles. The van der Waals surface area contributed by atoms with Crippen molar-refractivity contribution >= 4 is 11.7 Å². The number of esters is 1. The summed E-state index contributed by atoms with van der Waals surface area (Å²) in [5.41, 5.74) is 2.48. The zero-order valence-electron chi connectivity index (χ0n) is 12.0. The van der Waals surface area contributed by atoms with E-state index in [0.717, 1.165) is 11.3 Å². The number of nitrogens with zero attached hydrogens (tertiary/aromatic N) is 2. The molecular weight excluding hydrogens is 270 g/mol. The molecule has 0 atom stereocenters. The van der Waals surface area contributed by atoms with E-state index in [1.165, 1.54) is 0 Å². The van der Waals surface area contributed by atoms with Gasteiger partial charge in [0.25, 0.3) is 0 Å². The van der Waals surface area contributed by atoms with Gasteiger partial charge in [0, 0.05) is 24.0 Å². The van der Waals surface area contributed by atoms with E-state index in [-0.39, 0.29) is 12.6 Å². The van der Waals surface area contributed by atoms with E-state index in [1.807, 2.05) is 18.3 Å². The van der Waals surface area contributed by atoms with Crippen LogP contribution in [0.2, 0.25) is 0 Å². The minimum absolute atomic E-state index is 0.0733. The summed E-state index contributed by atoms with van der Waals surface area (Å²) in [7, 11) is 0. The zero-order chi connectivity index (χ0) is 15.1.